The molecule has 0 atom stereocenters. The maximum Gasteiger partial charge on any atom is 0.271 e. The monoisotopic (exact) mass is 322 g/mol. The number of hydrogen-bond donors (Lipinski definition) is 1. The molecule has 0 radical (unpaired) electrons. The van der Waals surface area contributed by atoms with Crippen LogP contribution in [0.5, 0.6) is 5.75 Å². The van der Waals surface area contributed by atoms with Gasteiger partial charge in [-0.3, -0.25) is 9.59 Å². The number of hydrazone groups is 1. The molecule has 0 fully saturated rings. The number of rotatable bonds is 4. The van der Waals surface area contributed by atoms with Crippen molar-refractivity contribution in [2.24, 2.45) is 5.10 Å². The third-order valence-corrected chi connectivity index (χ3v) is 3.41. The van der Waals surface area contributed by atoms with E-state index >= 15 is 0 Å². The van der Waals surface area contributed by atoms with Gasteiger partial charge in [-0.25, -0.2) is 5.43 Å². The fraction of sp³-hybridized carbons (Fsp3) is 0.0556. The van der Waals surface area contributed by atoms with E-state index in [1.54, 1.807) is 42.5 Å². The van der Waals surface area contributed by atoms with E-state index in [0.29, 0.717) is 22.3 Å². The molecular weight excluding hydrogens is 308 g/mol. The summed E-state index contributed by atoms with van der Waals surface area (Å²) in [6, 6.07) is 13.6. The Hall–Kier alpha value is -3.41. The van der Waals surface area contributed by atoms with Crippen molar-refractivity contribution in [2.75, 3.05) is 7.11 Å². The Labute approximate surface area is 137 Å². The first-order valence-corrected chi connectivity index (χ1v) is 7.17. The first-order chi connectivity index (χ1) is 11.7. The van der Waals surface area contributed by atoms with Crippen molar-refractivity contribution in [1.82, 2.24) is 5.43 Å². The van der Waals surface area contributed by atoms with E-state index < -0.39 is 0 Å². The minimum atomic E-state index is -0.362. The standard InChI is InChI=1S/C18H14N2O4/c1-23-14-7-8-16-15(9-14)17(21)13(11-24-16)10-19-20-18(22)12-5-3-2-4-6-12/h2-11H,1H3,(H,20,22)/b19-10+. The fourth-order valence-corrected chi connectivity index (χ4v) is 2.16. The maximum absolute atomic E-state index is 12.4. The lowest BCUT2D eigenvalue weighted by molar-refractivity contribution is 0.0955. The summed E-state index contributed by atoms with van der Waals surface area (Å²) in [6.07, 6.45) is 2.56. The summed E-state index contributed by atoms with van der Waals surface area (Å²) < 4.78 is 10.5. The summed E-state index contributed by atoms with van der Waals surface area (Å²) in [6.45, 7) is 0. The zero-order valence-electron chi connectivity index (χ0n) is 12.9. The van der Waals surface area contributed by atoms with Gasteiger partial charge in [0.2, 0.25) is 5.43 Å². The van der Waals surface area contributed by atoms with Crippen LogP contribution in [0.15, 0.2) is 69.1 Å². The molecule has 0 aliphatic rings. The molecule has 2 aromatic carbocycles. The van der Waals surface area contributed by atoms with Crippen LogP contribution in [0.2, 0.25) is 0 Å². The lowest BCUT2D eigenvalue weighted by Crippen LogP contribution is -2.18. The molecule has 1 N–H and O–H groups in total. The SMILES string of the molecule is COc1ccc2occ(/C=N/NC(=O)c3ccccc3)c(=O)c2c1. The average Bonchev–Trinajstić information content (AvgIpc) is 2.64. The van der Waals surface area contributed by atoms with Crippen molar-refractivity contribution in [1.29, 1.82) is 0 Å². The van der Waals surface area contributed by atoms with Crippen molar-refractivity contribution in [2.45, 2.75) is 0 Å². The molecule has 0 unspecified atom stereocenters. The molecule has 3 aromatic rings. The highest BCUT2D eigenvalue weighted by Gasteiger charge is 2.07. The summed E-state index contributed by atoms with van der Waals surface area (Å²) in [5.74, 6) is 0.194. The van der Waals surface area contributed by atoms with Crippen molar-refractivity contribution in [3.05, 3.63) is 76.1 Å². The van der Waals surface area contributed by atoms with Gasteiger partial charge in [-0.05, 0) is 30.3 Å². The van der Waals surface area contributed by atoms with E-state index in [1.807, 2.05) is 6.07 Å². The maximum atomic E-state index is 12.4. The van der Waals surface area contributed by atoms with Crippen LogP contribution < -0.4 is 15.6 Å². The molecule has 6 heteroatoms. The van der Waals surface area contributed by atoms with E-state index in [-0.39, 0.29) is 16.9 Å². The third-order valence-electron chi connectivity index (χ3n) is 3.41. The van der Waals surface area contributed by atoms with E-state index in [0.717, 1.165) is 0 Å². The van der Waals surface area contributed by atoms with Crippen LogP contribution in [-0.4, -0.2) is 19.2 Å². The number of carbonyl (C=O) groups is 1. The first kappa shape index (κ1) is 15.5. The molecule has 0 saturated heterocycles. The van der Waals surface area contributed by atoms with Gasteiger partial charge in [-0.2, -0.15) is 5.10 Å². The Bertz CT molecular complexity index is 962. The van der Waals surface area contributed by atoms with E-state index in [2.05, 4.69) is 10.5 Å². The zero-order valence-corrected chi connectivity index (χ0v) is 12.9. The van der Waals surface area contributed by atoms with Gasteiger partial charge in [0, 0.05) is 5.56 Å². The fourth-order valence-electron chi connectivity index (χ4n) is 2.16. The molecule has 0 spiro atoms. The number of amides is 1. The van der Waals surface area contributed by atoms with Crippen LogP contribution >= 0.6 is 0 Å². The summed E-state index contributed by atoms with van der Waals surface area (Å²) in [5, 5.41) is 4.19. The van der Waals surface area contributed by atoms with Crippen LogP contribution in [0.1, 0.15) is 15.9 Å². The highest BCUT2D eigenvalue weighted by Crippen LogP contribution is 2.18. The molecule has 1 aromatic heterocycles. The number of carbonyl (C=O) groups excluding carboxylic acids is 1. The average molecular weight is 322 g/mol. The normalized spacial score (nSPS) is 10.9. The quantitative estimate of drug-likeness (QED) is 0.591. The van der Waals surface area contributed by atoms with Gasteiger partial charge in [0.05, 0.1) is 24.3 Å². The second-order valence-electron chi connectivity index (χ2n) is 4.95. The minimum Gasteiger partial charge on any atom is -0.497 e. The number of fused-ring (bicyclic) bond motifs is 1. The highest BCUT2D eigenvalue weighted by molar-refractivity contribution is 5.95. The van der Waals surface area contributed by atoms with Crippen LogP contribution in [0.25, 0.3) is 11.0 Å². The smallest absolute Gasteiger partial charge is 0.271 e. The number of ether oxygens (including phenoxy) is 1. The van der Waals surface area contributed by atoms with Gasteiger partial charge in [0.15, 0.2) is 0 Å². The van der Waals surface area contributed by atoms with Crippen molar-refractivity contribution in [3.63, 3.8) is 0 Å². The van der Waals surface area contributed by atoms with E-state index in [4.69, 9.17) is 9.15 Å². The Morgan fingerprint density at radius 1 is 1.21 bits per heavy atom. The number of benzene rings is 2. The molecule has 1 heterocycles. The summed E-state index contributed by atoms with van der Waals surface area (Å²) in [5.41, 5.74) is 3.27. The summed E-state index contributed by atoms with van der Waals surface area (Å²) in [4.78, 5) is 24.3. The van der Waals surface area contributed by atoms with Gasteiger partial charge in [-0.1, -0.05) is 18.2 Å². The van der Waals surface area contributed by atoms with Crippen LogP contribution in [-0.2, 0) is 0 Å². The molecule has 0 saturated carbocycles. The van der Waals surface area contributed by atoms with Gasteiger partial charge in [0.25, 0.3) is 5.91 Å². The van der Waals surface area contributed by atoms with Gasteiger partial charge < -0.3 is 9.15 Å². The minimum absolute atomic E-state index is 0.226. The Balaban J connectivity index is 1.83. The predicted octanol–water partition coefficient (Wildman–Crippen LogP) is 2.57. The molecular formula is C18H14N2O4. The second-order valence-corrected chi connectivity index (χ2v) is 4.95. The van der Waals surface area contributed by atoms with Crippen molar-refractivity contribution in [3.8, 4) is 5.75 Å². The van der Waals surface area contributed by atoms with Gasteiger partial charge in [-0.15, -0.1) is 0 Å². The number of methoxy groups -OCH3 is 1. The molecule has 0 bridgehead atoms. The summed E-state index contributed by atoms with van der Waals surface area (Å²) in [7, 11) is 1.52. The summed E-state index contributed by atoms with van der Waals surface area (Å²) >= 11 is 0. The van der Waals surface area contributed by atoms with Crippen molar-refractivity contribution < 1.29 is 13.9 Å². The first-order valence-electron chi connectivity index (χ1n) is 7.17. The number of nitrogens with one attached hydrogen (secondary N) is 1. The lowest BCUT2D eigenvalue weighted by Gasteiger charge is -2.02. The molecule has 0 aliphatic carbocycles. The van der Waals surface area contributed by atoms with E-state index in [1.165, 1.54) is 19.6 Å². The predicted molar refractivity (Wildman–Crippen MR) is 90.5 cm³/mol. The Kier molecular flexibility index (Phi) is 4.38. The second kappa shape index (κ2) is 6.78. The van der Waals surface area contributed by atoms with Gasteiger partial charge >= 0.3 is 0 Å². The number of nitrogens with zero attached hydrogens (tertiary/aromatic N) is 1. The molecule has 24 heavy (non-hydrogen) atoms. The Morgan fingerprint density at radius 2 is 2.00 bits per heavy atom. The molecule has 120 valence electrons. The van der Waals surface area contributed by atoms with Crippen LogP contribution in [0, 0.1) is 0 Å². The zero-order chi connectivity index (χ0) is 16.9. The molecule has 0 aliphatic heterocycles. The molecule has 3 rings (SSSR count). The number of hydrogen-bond acceptors (Lipinski definition) is 5. The van der Waals surface area contributed by atoms with Crippen LogP contribution in [0.4, 0.5) is 0 Å². The van der Waals surface area contributed by atoms with Crippen LogP contribution in [0.3, 0.4) is 0 Å². The van der Waals surface area contributed by atoms with E-state index in [9.17, 15) is 9.59 Å². The molecule has 1 amide bonds. The Morgan fingerprint density at radius 3 is 2.75 bits per heavy atom. The molecule has 6 nitrogen and oxygen atoms in total. The topological polar surface area (TPSA) is 80.9 Å². The lowest BCUT2D eigenvalue weighted by atomic mass is 10.2. The van der Waals surface area contributed by atoms with Gasteiger partial charge in [0.1, 0.15) is 17.6 Å². The van der Waals surface area contributed by atoms with Crippen molar-refractivity contribution >= 4 is 23.1 Å². The highest BCUT2D eigenvalue weighted by atomic mass is 16.5. The third kappa shape index (κ3) is 3.17. The largest absolute Gasteiger partial charge is 0.497 e.